The number of phosphoric ester groups is 1. The average Bonchev–Trinajstić information content (AvgIpc) is 3.04. The second kappa shape index (κ2) is 33.9. The standard InChI is InChI=1S/C36H72NO8P/c1-3-5-7-9-11-13-14-15-16-17-18-19-21-23-25-27-29-36(40)43-32-34(38)33-45-46(41,42)44-31-30-37-35(39)28-26-24-22-20-12-10-8-6-4-2/h34,38H,3-33H2,1-2H3,(H,37,39)(H,41,42). The van der Waals surface area contributed by atoms with Gasteiger partial charge in [0.2, 0.25) is 5.91 Å². The lowest BCUT2D eigenvalue weighted by Crippen LogP contribution is -2.27. The molecule has 2 atom stereocenters. The fourth-order valence-electron chi connectivity index (χ4n) is 5.38. The van der Waals surface area contributed by atoms with Crippen molar-refractivity contribution in [1.82, 2.24) is 5.32 Å². The zero-order valence-electron chi connectivity index (χ0n) is 29.8. The lowest BCUT2D eigenvalue weighted by molar-refractivity contribution is -0.147. The summed E-state index contributed by atoms with van der Waals surface area (Å²) < 4.78 is 26.7. The Balaban J connectivity index is 3.58. The van der Waals surface area contributed by atoms with Gasteiger partial charge >= 0.3 is 13.8 Å². The van der Waals surface area contributed by atoms with E-state index in [4.69, 9.17) is 13.8 Å². The van der Waals surface area contributed by atoms with Gasteiger partial charge in [0.1, 0.15) is 12.7 Å². The molecule has 0 fully saturated rings. The van der Waals surface area contributed by atoms with Crippen molar-refractivity contribution < 1.29 is 37.9 Å². The van der Waals surface area contributed by atoms with Gasteiger partial charge in [-0.1, -0.05) is 162 Å². The summed E-state index contributed by atoms with van der Waals surface area (Å²) in [5.74, 6) is -0.511. The highest BCUT2D eigenvalue weighted by Crippen LogP contribution is 2.42. The Bertz CT molecular complexity index is 739. The second-order valence-corrected chi connectivity index (χ2v) is 14.4. The van der Waals surface area contributed by atoms with E-state index in [-0.39, 0.29) is 25.7 Å². The zero-order valence-corrected chi connectivity index (χ0v) is 30.7. The van der Waals surface area contributed by atoms with Crippen molar-refractivity contribution in [1.29, 1.82) is 0 Å². The van der Waals surface area contributed by atoms with E-state index in [9.17, 15) is 24.2 Å². The molecule has 0 rings (SSSR count). The summed E-state index contributed by atoms with van der Waals surface area (Å²) in [4.78, 5) is 33.7. The van der Waals surface area contributed by atoms with E-state index in [0.717, 1.165) is 38.5 Å². The quantitative estimate of drug-likeness (QED) is 0.0339. The number of carbonyl (C=O) groups is 2. The van der Waals surface area contributed by atoms with Gasteiger partial charge in [-0.15, -0.1) is 0 Å². The average molecular weight is 678 g/mol. The highest BCUT2D eigenvalue weighted by Gasteiger charge is 2.23. The SMILES string of the molecule is CCCCCCCCCCCCCCCCCCC(=O)OCC(O)COP(=O)(O)OCCNC(=O)CCCCCCCCCCC. The summed E-state index contributed by atoms with van der Waals surface area (Å²) in [5.41, 5.74) is 0. The predicted octanol–water partition coefficient (Wildman–Crippen LogP) is 9.71. The fraction of sp³-hybridized carbons (Fsp3) is 0.944. The zero-order chi connectivity index (χ0) is 34.0. The van der Waals surface area contributed by atoms with E-state index in [2.05, 4.69) is 19.2 Å². The van der Waals surface area contributed by atoms with Gasteiger partial charge in [-0.3, -0.25) is 18.6 Å². The molecule has 3 N–H and O–H groups in total. The lowest BCUT2D eigenvalue weighted by Gasteiger charge is -2.15. The Labute approximate surface area is 282 Å². The van der Waals surface area contributed by atoms with Crippen molar-refractivity contribution in [3.05, 3.63) is 0 Å². The maximum atomic E-state index is 12.0. The van der Waals surface area contributed by atoms with Crippen LogP contribution in [0.15, 0.2) is 0 Å². The fourth-order valence-corrected chi connectivity index (χ4v) is 6.14. The normalized spacial score (nSPS) is 13.4. The summed E-state index contributed by atoms with van der Waals surface area (Å²) in [7, 11) is -4.40. The number of unbranched alkanes of at least 4 members (excludes halogenated alkanes) is 23. The van der Waals surface area contributed by atoms with Crippen LogP contribution in [0.1, 0.15) is 187 Å². The molecule has 9 nitrogen and oxygen atoms in total. The van der Waals surface area contributed by atoms with Crippen LogP contribution in [0.2, 0.25) is 0 Å². The number of esters is 1. The molecule has 0 saturated heterocycles. The van der Waals surface area contributed by atoms with E-state index in [1.54, 1.807) is 0 Å². The molecule has 0 aromatic heterocycles. The highest BCUT2D eigenvalue weighted by atomic mass is 31.2. The molecule has 10 heteroatoms. The Morgan fingerprint density at radius 2 is 0.978 bits per heavy atom. The molecule has 274 valence electrons. The first-order valence-electron chi connectivity index (χ1n) is 19.0. The van der Waals surface area contributed by atoms with Crippen LogP contribution < -0.4 is 5.32 Å². The van der Waals surface area contributed by atoms with Gasteiger partial charge in [-0.25, -0.2) is 4.57 Å². The van der Waals surface area contributed by atoms with Crippen molar-refractivity contribution >= 4 is 19.7 Å². The topological polar surface area (TPSA) is 131 Å². The van der Waals surface area contributed by atoms with Gasteiger partial charge in [0, 0.05) is 19.4 Å². The minimum Gasteiger partial charge on any atom is -0.463 e. The smallest absolute Gasteiger partial charge is 0.463 e. The molecule has 0 aliphatic heterocycles. The molecule has 0 saturated carbocycles. The van der Waals surface area contributed by atoms with Gasteiger partial charge in [0.05, 0.1) is 13.2 Å². The molecule has 0 spiro atoms. The number of hydrogen-bond donors (Lipinski definition) is 3. The van der Waals surface area contributed by atoms with E-state index in [0.29, 0.717) is 12.8 Å². The number of ether oxygens (including phenoxy) is 1. The molecule has 0 aromatic carbocycles. The summed E-state index contributed by atoms with van der Waals surface area (Å²) in [6, 6.07) is 0. The molecule has 46 heavy (non-hydrogen) atoms. The number of amides is 1. The van der Waals surface area contributed by atoms with Crippen LogP contribution in [0.4, 0.5) is 0 Å². The Morgan fingerprint density at radius 1 is 0.587 bits per heavy atom. The molecule has 1 amide bonds. The van der Waals surface area contributed by atoms with Crippen molar-refractivity contribution in [3.63, 3.8) is 0 Å². The van der Waals surface area contributed by atoms with Crippen LogP contribution in [0.5, 0.6) is 0 Å². The van der Waals surface area contributed by atoms with Crippen LogP contribution in [0.25, 0.3) is 0 Å². The number of aliphatic hydroxyl groups excluding tert-OH is 1. The van der Waals surface area contributed by atoms with Gasteiger partial charge in [0.15, 0.2) is 0 Å². The van der Waals surface area contributed by atoms with Crippen molar-refractivity contribution in [3.8, 4) is 0 Å². The van der Waals surface area contributed by atoms with E-state index in [1.807, 2.05) is 0 Å². The van der Waals surface area contributed by atoms with Gasteiger partial charge in [0.25, 0.3) is 0 Å². The molecule has 0 bridgehead atoms. The molecule has 0 aromatic rings. The van der Waals surface area contributed by atoms with Crippen LogP contribution in [0, 0.1) is 0 Å². The summed E-state index contributed by atoms with van der Waals surface area (Å²) in [6.07, 6.45) is 30.3. The van der Waals surface area contributed by atoms with E-state index < -0.39 is 26.5 Å². The van der Waals surface area contributed by atoms with Crippen LogP contribution in [-0.2, 0) is 27.9 Å². The minimum atomic E-state index is -4.40. The Hall–Kier alpha value is -0.990. The molecular weight excluding hydrogens is 605 g/mol. The molecule has 0 radical (unpaired) electrons. The maximum Gasteiger partial charge on any atom is 0.472 e. The van der Waals surface area contributed by atoms with Crippen LogP contribution in [0.3, 0.4) is 0 Å². The first kappa shape index (κ1) is 45.0. The highest BCUT2D eigenvalue weighted by molar-refractivity contribution is 7.47. The van der Waals surface area contributed by atoms with Crippen molar-refractivity contribution in [2.45, 2.75) is 193 Å². The summed E-state index contributed by atoms with van der Waals surface area (Å²) in [5, 5.41) is 12.6. The molecule has 0 aliphatic rings. The van der Waals surface area contributed by atoms with Crippen LogP contribution >= 0.6 is 7.82 Å². The lowest BCUT2D eigenvalue weighted by atomic mass is 10.0. The maximum absolute atomic E-state index is 12.0. The minimum absolute atomic E-state index is 0.0870. The van der Waals surface area contributed by atoms with Gasteiger partial charge in [-0.2, -0.15) is 0 Å². The van der Waals surface area contributed by atoms with Crippen LogP contribution in [-0.4, -0.2) is 54.3 Å². The Morgan fingerprint density at radius 3 is 1.41 bits per heavy atom. The molecule has 0 heterocycles. The molecule has 0 aliphatic carbocycles. The second-order valence-electron chi connectivity index (χ2n) is 12.9. The monoisotopic (exact) mass is 677 g/mol. The summed E-state index contributed by atoms with van der Waals surface area (Å²) in [6.45, 7) is 3.54. The number of nitrogens with one attached hydrogen (secondary N) is 1. The summed E-state index contributed by atoms with van der Waals surface area (Å²) >= 11 is 0. The first-order valence-corrected chi connectivity index (χ1v) is 20.5. The van der Waals surface area contributed by atoms with Gasteiger partial charge in [-0.05, 0) is 12.8 Å². The van der Waals surface area contributed by atoms with E-state index >= 15 is 0 Å². The number of carbonyl (C=O) groups excluding carboxylic acids is 2. The largest absolute Gasteiger partial charge is 0.472 e. The molecular formula is C36H72NO8P. The van der Waals surface area contributed by atoms with Crippen molar-refractivity contribution in [2.75, 3.05) is 26.4 Å². The third-order valence-electron chi connectivity index (χ3n) is 8.29. The molecule has 2 unspecified atom stereocenters. The third-order valence-corrected chi connectivity index (χ3v) is 9.27. The predicted molar refractivity (Wildman–Crippen MR) is 188 cm³/mol. The first-order chi connectivity index (χ1) is 22.3. The number of phosphoric acid groups is 1. The third kappa shape index (κ3) is 34.3. The number of aliphatic hydroxyl groups is 1. The number of hydrogen-bond acceptors (Lipinski definition) is 7. The number of rotatable bonds is 36. The van der Waals surface area contributed by atoms with Crippen molar-refractivity contribution in [2.24, 2.45) is 0 Å². The van der Waals surface area contributed by atoms with E-state index in [1.165, 1.54) is 122 Å². The Kier molecular flexibility index (Phi) is 33.2. The van der Waals surface area contributed by atoms with Gasteiger partial charge < -0.3 is 20.1 Å².